The van der Waals surface area contributed by atoms with Crippen molar-refractivity contribution in [1.29, 1.82) is 0 Å². The van der Waals surface area contributed by atoms with Crippen LogP contribution in [0.2, 0.25) is 5.02 Å². The molecule has 23 heavy (non-hydrogen) atoms. The first-order valence-electron chi connectivity index (χ1n) is 6.77. The molecule has 3 rings (SSSR count). The number of H-pyrrole nitrogens is 1. The lowest BCUT2D eigenvalue weighted by Gasteiger charge is -1.96. The summed E-state index contributed by atoms with van der Waals surface area (Å²) in [5.41, 5.74) is 5.12. The number of amides is 1. The van der Waals surface area contributed by atoms with E-state index in [1.165, 1.54) is 6.21 Å². The number of halogens is 1. The van der Waals surface area contributed by atoms with Crippen molar-refractivity contribution in [3.63, 3.8) is 0 Å². The molecule has 0 saturated carbocycles. The summed E-state index contributed by atoms with van der Waals surface area (Å²) >= 11 is 5.85. The Morgan fingerprint density at radius 3 is 2.65 bits per heavy atom. The fourth-order valence-electron chi connectivity index (χ4n) is 1.88. The first-order valence-corrected chi connectivity index (χ1v) is 7.15. The van der Waals surface area contributed by atoms with Gasteiger partial charge in [-0.3, -0.25) is 14.9 Å². The highest BCUT2D eigenvalue weighted by molar-refractivity contribution is 6.30. The van der Waals surface area contributed by atoms with E-state index in [1.54, 1.807) is 42.7 Å². The van der Waals surface area contributed by atoms with Crippen molar-refractivity contribution in [3.8, 4) is 11.3 Å². The van der Waals surface area contributed by atoms with Crippen molar-refractivity contribution in [2.75, 3.05) is 0 Å². The van der Waals surface area contributed by atoms with Gasteiger partial charge in [-0.05, 0) is 35.9 Å². The Kier molecular flexibility index (Phi) is 4.44. The summed E-state index contributed by atoms with van der Waals surface area (Å²) in [6.45, 7) is 0. The van der Waals surface area contributed by atoms with Gasteiger partial charge in [-0.15, -0.1) is 0 Å². The monoisotopic (exact) mass is 325 g/mol. The molecule has 1 aromatic carbocycles. The Hall–Kier alpha value is -2.99. The molecule has 0 unspecified atom stereocenters. The van der Waals surface area contributed by atoms with E-state index >= 15 is 0 Å². The number of hydrogen-bond donors (Lipinski definition) is 2. The molecule has 2 N–H and O–H groups in total. The molecule has 2 aromatic heterocycles. The number of nitrogens with zero attached hydrogens (tertiary/aromatic N) is 3. The van der Waals surface area contributed by atoms with E-state index in [0.717, 1.165) is 11.1 Å². The van der Waals surface area contributed by atoms with E-state index in [-0.39, 0.29) is 5.91 Å². The SMILES string of the molecule is O=C(N/N=C/c1ccncc1)c1cc(-c2ccc(Cl)cc2)n[nH]1. The molecule has 6 nitrogen and oxygen atoms in total. The molecular weight excluding hydrogens is 314 g/mol. The van der Waals surface area contributed by atoms with Crippen molar-refractivity contribution >= 4 is 23.7 Å². The van der Waals surface area contributed by atoms with E-state index < -0.39 is 0 Å². The van der Waals surface area contributed by atoms with E-state index in [1.807, 2.05) is 12.1 Å². The van der Waals surface area contributed by atoms with Crippen molar-refractivity contribution in [1.82, 2.24) is 20.6 Å². The number of pyridine rings is 1. The highest BCUT2D eigenvalue weighted by Gasteiger charge is 2.10. The van der Waals surface area contributed by atoms with Crippen LogP contribution in [0.1, 0.15) is 16.1 Å². The van der Waals surface area contributed by atoms with Gasteiger partial charge in [0.15, 0.2) is 0 Å². The van der Waals surface area contributed by atoms with Crippen LogP contribution >= 0.6 is 11.6 Å². The highest BCUT2D eigenvalue weighted by atomic mass is 35.5. The fourth-order valence-corrected chi connectivity index (χ4v) is 2.01. The van der Waals surface area contributed by atoms with Gasteiger partial charge in [0.25, 0.3) is 5.91 Å². The first-order chi connectivity index (χ1) is 11.2. The lowest BCUT2D eigenvalue weighted by molar-refractivity contribution is 0.0950. The van der Waals surface area contributed by atoms with Crippen LogP contribution in [0.4, 0.5) is 0 Å². The first kappa shape index (κ1) is 14.9. The number of aromatic nitrogens is 3. The van der Waals surface area contributed by atoms with E-state index in [9.17, 15) is 4.79 Å². The minimum Gasteiger partial charge on any atom is -0.272 e. The van der Waals surface area contributed by atoms with Crippen LogP contribution in [0, 0.1) is 0 Å². The summed E-state index contributed by atoms with van der Waals surface area (Å²) in [6.07, 6.45) is 4.84. The Bertz CT molecular complexity index is 827. The van der Waals surface area contributed by atoms with Gasteiger partial charge in [-0.1, -0.05) is 23.7 Å². The van der Waals surface area contributed by atoms with Crippen molar-refractivity contribution in [3.05, 3.63) is 71.1 Å². The minimum atomic E-state index is -0.372. The van der Waals surface area contributed by atoms with Gasteiger partial charge in [0.1, 0.15) is 5.69 Å². The summed E-state index contributed by atoms with van der Waals surface area (Å²) in [4.78, 5) is 15.9. The van der Waals surface area contributed by atoms with Crippen LogP contribution in [0.5, 0.6) is 0 Å². The molecule has 0 atom stereocenters. The number of nitrogens with one attached hydrogen (secondary N) is 2. The molecule has 0 aliphatic rings. The normalized spacial score (nSPS) is 10.8. The second-order valence-electron chi connectivity index (χ2n) is 4.65. The Morgan fingerprint density at radius 1 is 1.17 bits per heavy atom. The average molecular weight is 326 g/mol. The minimum absolute atomic E-state index is 0.321. The van der Waals surface area contributed by atoms with Crippen LogP contribution in [0.15, 0.2) is 60.0 Å². The van der Waals surface area contributed by atoms with Gasteiger partial charge in [0.05, 0.1) is 11.9 Å². The van der Waals surface area contributed by atoms with Crippen LogP contribution in [-0.2, 0) is 0 Å². The largest absolute Gasteiger partial charge is 0.289 e. The molecule has 1 amide bonds. The lowest BCUT2D eigenvalue weighted by Crippen LogP contribution is -2.17. The van der Waals surface area contributed by atoms with Crippen LogP contribution < -0.4 is 5.43 Å². The molecular formula is C16H12ClN5O. The Morgan fingerprint density at radius 2 is 1.91 bits per heavy atom. The van der Waals surface area contributed by atoms with Gasteiger partial charge in [-0.25, -0.2) is 5.43 Å². The molecule has 0 aliphatic carbocycles. The standard InChI is InChI=1S/C16H12ClN5O/c17-13-3-1-12(2-4-13)14-9-15(21-20-14)16(23)22-19-10-11-5-7-18-8-6-11/h1-10H,(H,20,21)(H,22,23)/b19-10+. The third kappa shape index (κ3) is 3.81. The number of hydrogen-bond acceptors (Lipinski definition) is 4. The van der Waals surface area contributed by atoms with Gasteiger partial charge >= 0.3 is 0 Å². The van der Waals surface area contributed by atoms with Crippen molar-refractivity contribution in [2.45, 2.75) is 0 Å². The predicted octanol–water partition coefficient (Wildman–Crippen LogP) is 2.89. The highest BCUT2D eigenvalue weighted by Crippen LogP contribution is 2.20. The summed E-state index contributed by atoms with van der Waals surface area (Å²) < 4.78 is 0. The molecule has 0 aliphatic heterocycles. The van der Waals surface area contributed by atoms with Gasteiger partial charge < -0.3 is 0 Å². The molecule has 0 radical (unpaired) electrons. The summed E-state index contributed by atoms with van der Waals surface area (Å²) in [6, 6.07) is 12.4. The van der Waals surface area contributed by atoms with Gasteiger partial charge in [0.2, 0.25) is 0 Å². The second-order valence-corrected chi connectivity index (χ2v) is 5.09. The predicted molar refractivity (Wildman–Crippen MR) is 88.3 cm³/mol. The molecule has 2 heterocycles. The third-order valence-corrected chi connectivity index (χ3v) is 3.30. The zero-order chi connectivity index (χ0) is 16.1. The second kappa shape index (κ2) is 6.85. The number of hydrazone groups is 1. The molecule has 114 valence electrons. The molecule has 0 spiro atoms. The van der Waals surface area contributed by atoms with Gasteiger partial charge in [-0.2, -0.15) is 10.2 Å². The van der Waals surface area contributed by atoms with Crippen LogP contribution in [0.25, 0.3) is 11.3 Å². The molecule has 0 bridgehead atoms. The maximum absolute atomic E-state index is 12.0. The number of benzene rings is 1. The molecule has 0 fully saturated rings. The van der Waals surface area contributed by atoms with Crippen molar-refractivity contribution < 1.29 is 4.79 Å². The lowest BCUT2D eigenvalue weighted by atomic mass is 10.1. The fraction of sp³-hybridized carbons (Fsp3) is 0. The summed E-state index contributed by atoms with van der Waals surface area (Å²) in [5, 5.41) is 11.3. The molecule has 3 aromatic rings. The zero-order valence-corrected chi connectivity index (χ0v) is 12.7. The quantitative estimate of drug-likeness (QED) is 0.571. The Labute approximate surface area is 137 Å². The van der Waals surface area contributed by atoms with Gasteiger partial charge in [0, 0.05) is 23.0 Å². The summed E-state index contributed by atoms with van der Waals surface area (Å²) in [5.74, 6) is -0.372. The molecule has 0 saturated heterocycles. The zero-order valence-electron chi connectivity index (χ0n) is 11.9. The third-order valence-electron chi connectivity index (χ3n) is 3.05. The number of rotatable bonds is 4. The maximum atomic E-state index is 12.0. The van der Waals surface area contributed by atoms with Crippen LogP contribution in [-0.4, -0.2) is 27.3 Å². The number of aromatic amines is 1. The average Bonchev–Trinajstić information content (AvgIpc) is 3.06. The van der Waals surface area contributed by atoms with Crippen molar-refractivity contribution in [2.24, 2.45) is 5.10 Å². The van der Waals surface area contributed by atoms with E-state index in [0.29, 0.717) is 16.4 Å². The molecule has 7 heteroatoms. The smallest absolute Gasteiger partial charge is 0.272 e. The summed E-state index contributed by atoms with van der Waals surface area (Å²) in [7, 11) is 0. The van der Waals surface area contributed by atoms with Crippen LogP contribution in [0.3, 0.4) is 0 Å². The number of carbonyl (C=O) groups is 1. The van der Waals surface area contributed by atoms with E-state index in [2.05, 4.69) is 25.7 Å². The Balaban J connectivity index is 1.67. The van der Waals surface area contributed by atoms with E-state index in [4.69, 9.17) is 11.6 Å². The number of carbonyl (C=O) groups excluding carboxylic acids is 1. The maximum Gasteiger partial charge on any atom is 0.289 e. The topological polar surface area (TPSA) is 83.0 Å².